The van der Waals surface area contributed by atoms with Crippen molar-refractivity contribution in [3.63, 3.8) is 0 Å². The summed E-state index contributed by atoms with van der Waals surface area (Å²) in [6.07, 6.45) is 3.91. The SMILES string of the molecule is COc1ccc2cccc(CCN(C(C)=O)C(=O)OCOC(=O)CCCCCCC(C)(C)CC(=O)O)c2c1. The summed E-state index contributed by atoms with van der Waals surface area (Å²) < 4.78 is 15.3. The number of hydrogen-bond donors (Lipinski definition) is 1. The van der Waals surface area contributed by atoms with Crippen molar-refractivity contribution < 1.29 is 38.5 Å². The highest BCUT2D eigenvalue weighted by atomic mass is 16.7. The lowest BCUT2D eigenvalue weighted by Crippen LogP contribution is -2.37. The van der Waals surface area contributed by atoms with E-state index >= 15 is 0 Å². The molecule has 0 bridgehead atoms. The van der Waals surface area contributed by atoms with Gasteiger partial charge in [0.2, 0.25) is 12.7 Å². The molecule has 0 fully saturated rings. The number of esters is 1. The van der Waals surface area contributed by atoms with Gasteiger partial charge in [-0.25, -0.2) is 9.69 Å². The minimum atomic E-state index is -0.868. The van der Waals surface area contributed by atoms with Gasteiger partial charge in [-0.05, 0) is 53.1 Å². The highest BCUT2D eigenvalue weighted by Gasteiger charge is 2.22. The summed E-state index contributed by atoms with van der Waals surface area (Å²) in [5, 5.41) is 10.9. The van der Waals surface area contributed by atoms with Crippen LogP contribution in [-0.4, -0.2) is 54.4 Å². The second-order valence-corrected chi connectivity index (χ2v) is 10.1. The number of nitrogens with zero attached hydrogens (tertiary/aromatic N) is 1. The number of carbonyl (C=O) groups is 4. The highest BCUT2D eigenvalue weighted by Crippen LogP contribution is 2.28. The van der Waals surface area contributed by atoms with Crippen molar-refractivity contribution in [2.24, 2.45) is 5.41 Å². The molecule has 0 atom stereocenters. The number of carboxylic acid groups (broad SMARTS) is 1. The Hall–Kier alpha value is -3.62. The van der Waals surface area contributed by atoms with E-state index in [1.54, 1.807) is 7.11 Å². The maximum absolute atomic E-state index is 12.5. The van der Waals surface area contributed by atoms with Crippen molar-refractivity contribution >= 4 is 34.7 Å². The Bertz CT molecular complexity index is 1110. The molecule has 0 radical (unpaired) electrons. The van der Waals surface area contributed by atoms with Gasteiger partial charge in [0.25, 0.3) is 0 Å². The average Bonchev–Trinajstić information content (AvgIpc) is 2.85. The Morgan fingerprint density at radius 3 is 2.39 bits per heavy atom. The minimum absolute atomic E-state index is 0.113. The van der Waals surface area contributed by atoms with Crippen LogP contribution in [0.3, 0.4) is 0 Å². The quantitative estimate of drug-likeness (QED) is 0.177. The van der Waals surface area contributed by atoms with Gasteiger partial charge in [-0.1, -0.05) is 57.4 Å². The molecule has 9 nitrogen and oxygen atoms in total. The molecule has 38 heavy (non-hydrogen) atoms. The number of rotatable bonds is 15. The first-order valence-corrected chi connectivity index (χ1v) is 12.9. The maximum Gasteiger partial charge on any atom is 0.419 e. The number of aliphatic carboxylic acids is 1. The smallest absolute Gasteiger partial charge is 0.419 e. The largest absolute Gasteiger partial charge is 0.497 e. The van der Waals surface area contributed by atoms with Gasteiger partial charge >= 0.3 is 18.0 Å². The predicted octanol–water partition coefficient (Wildman–Crippen LogP) is 5.72. The normalized spacial score (nSPS) is 11.2. The molecule has 0 heterocycles. The second kappa shape index (κ2) is 15.0. The number of fused-ring (bicyclic) bond motifs is 1. The third-order valence-corrected chi connectivity index (χ3v) is 6.40. The lowest BCUT2D eigenvalue weighted by molar-refractivity contribution is -0.152. The van der Waals surface area contributed by atoms with E-state index < -0.39 is 30.7 Å². The third-order valence-electron chi connectivity index (χ3n) is 6.40. The Balaban J connectivity index is 1.72. The Morgan fingerprint density at radius 2 is 1.71 bits per heavy atom. The van der Waals surface area contributed by atoms with E-state index in [2.05, 4.69) is 0 Å². The van der Waals surface area contributed by atoms with E-state index in [0.29, 0.717) is 18.6 Å². The van der Waals surface area contributed by atoms with E-state index in [1.807, 2.05) is 50.2 Å². The van der Waals surface area contributed by atoms with Crippen LogP contribution in [0.1, 0.15) is 71.3 Å². The lowest BCUT2D eigenvalue weighted by atomic mass is 9.83. The molecule has 2 aromatic carbocycles. The second-order valence-electron chi connectivity index (χ2n) is 10.1. The molecular weight excluding hydrogens is 490 g/mol. The molecule has 0 saturated carbocycles. The molecule has 0 aliphatic carbocycles. The Morgan fingerprint density at radius 1 is 0.974 bits per heavy atom. The molecule has 208 valence electrons. The molecule has 0 saturated heterocycles. The van der Waals surface area contributed by atoms with E-state index in [-0.39, 0.29) is 24.8 Å². The van der Waals surface area contributed by atoms with Gasteiger partial charge < -0.3 is 19.3 Å². The van der Waals surface area contributed by atoms with Gasteiger partial charge in [-0.2, -0.15) is 0 Å². The standard InChI is InChI=1S/C29H39NO8/c1-21(31)30(17-15-23-11-9-10-22-13-14-24(36-4)18-25(22)23)28(35)38-20-37-27(34)12-7-5-6-8-16-29(2,3)19-26(32)33/h9-11,13-14,18H,5-8,12,15-17,19-20H2,1-4H3,(H,32,33). The number of unbranched alkanes of at least 4 members (excludes halogenated alkanes) is 3. The van der Waals surface area contributed by atoms with E-state index in [9.17, 15) is 19.2 Å². The number of hydrogen-bond acceptors (Lipinski definition) is 7. The topological polar surface area (TPSA) is 119 Å². The molecule has 0 aliphatic heterocycles. The van der Waals surface area contributed by atoms with Crippen molar-refractivity contribution in [2.45, 2.75) is 72.1 Å². The predicted molar refractivity (Wildman–Crippen MR) is 143 cm³/mol. The van der Waals surface area contributed by atoms with Crippen molar-refractivity contribution in [3.8, 4) is 5.75 Å². The summed E-state index contributed by atoms with van der Waals surface area (Å²) in [5.41, 5.74) is 0.711. The van der Waals surface area contributed by atoms with Crippen molar-refractivity contribution in [3.05, 3.63) is 42.0 Å². The molecule has 0 unspecified atom stereocenters. The zero-order chi connectivity index (χ0) is 28.1. The highest BCUT2D eigenvalue weighted by molar-refractivity contribution is 5.91. The molecule has 1 N–H and O–H groups in total. The van der Waals surface area contributed by atoms with Crippen LogP contribution in [-0.2, 0) is 30.3 Å². The third kappa shape index (κ3) is 10.4. The Kier molecular flexibility index (Phi) is 12.0. The number of amides is 2. The number of methoxy groups -OCH3 is 1. The molecular formula is C29H39NO8. The summed E-state index contributed by atoms with van der Waals surface area (Å²) in [6, 6.07) is 11.6. The zero-order valence-electron chi connectivity index (χ0n) is 22.8. The van der Waals surface area contributed by atoms with Crippen LogP contribution in [0, 0.1) is 5.41 Å². The number of carbonyl (C=O) groups excluding carboxylic acids is 3. The van der Waals surface area contributed by atoms with Gasteiger partial charge in [0.15, 0.2) is 0 Å². The number of carboxylic acids is 1. The Labute approximate surface area is 224 Å². The summed E-state index contributed by atoms with van der Waals surface area (Å²) in [4.78, 5) is 48.4. The monoisotopic (exact) mass is 529 g/mol. The first-order chi connectivity index (χ1) is 18.0. The van der Waals surface area contributed by atoms with Crippen LogP contribution in [0.25, 0.3) is 10.8 Å². The van der Waals surface area contributed by atoms with Crippen molar-refractivity contribution in [1.82, 2.24) is 4.90 Å². The number of imide groups is 1. The van der Waals surface area contributed by atoms with Gasteiger partial charge in [-0.15, -0.1) is 0 Å². The van der Waals surface area contributed by atoms with Crippen molar-refractivity contribution in [2.75, 3.05) is 20.4 Å². The summed E-state index contributed by atoms with van der Waals surface area (Å²) in [5.74, 6) is -1.03. The van der Waals surface area contributed by atoms with Crippen LogP contribution in [0.15, 0.2) is 36.4 Å². The molecule has 0 aliphatic rings. The fraction of sp³-hybridized carbons (Fsp3) is 0.517. The summed E-state index contributed by atoms with van der Waals surface area (Å²) >= 11 is 0. The van der Waals surface area contributed by atoms with Crippen LogP contribution in [0.4, 0.5) is 4.79 Å². The minimum Gasteiger partial charge on any atom is -0.497 e. The molecule has 2 aromatic rings. The number of benzene rings is 2. The molecule has 0 spiro atoms. The fourth-order valence-corrected chi connectivity index (χ4v) is 4.29. The fourth-order valence-electron chi connectivity index (χ4n) is 4.29. The van der Waals surface area contributed by atoms with Crippen LogP contribution in [0.5, 0.6) is 5.75 Å². The number of ether oxygens (including phenoxy) is 3. The van der Waals surface area contributed by atoms with Crippen LogP contribution < -0.4 is 4.74 Å². The molecule has 0 aromatic heterocycles. The van der Waals surface area contributed by atoms with Gasteiger partial charge in [0.1, 0.15) is 5.75 Å². The van der Waals surface area contributed by atoms with Gasteiger partial charge in [0, 0.05) is 19.9 Å². The van der Waals surface area contributed by atoms with Gasteiger partial charge in [-0.3, -0.25) is 14.4 Å². The summed E-state index contributed by atoms with van der Waals surface area (Å²) in [7, 11) is 1.60. The summed E-state index contributed by atoms with van der Waals surface area (Å²) in [6.45, 7) is 4.71. The molecule has 2 amide bonds. The zero-order valence-corrected chi connectivity index (χ0v) is 22.8. The van der Waals surface area contributed by atoms with E-state index in [1.165, 1.54) is 6.92 Å². The van der Waals surface area contributed by atoms with E-state index in [0.717, 1.165) is 46.9 Å². The van der Waals surface area contributed by atoms with Crippen LogP contribution in [0.2, 0.25) is 0 Å². The van der Waals surface area contributed by atoms with Crippen molar-refractivity contribution in [1.29, 1.82) is 0 Å². The molecule has 9 heteroatoms. The first-order valence-electron chi connectivity index (χ1n) is 12.9. The maximum atomic E-state index is 12.5. The first kappa shape index (κ1) is 30.6. The average molecular weight is 530 g/mol. The lowest BCUT2D eigenvalue weighted by Gasteiger charge is -2.21. The van der Waals surface area contributed by atoms with E-state index in [4.69, 9.17) is 19.3 Å². The van der Waals surface area contributed by atoms with Crippen LogP contribution >= 0.6 is 0 Å². The van der Waals surface area contributed by atoms with Gasteiger partial charge in [0.05, 0.1) is 13.5 Å². The molecule has 2 rings (SSSR count).